The normalized spacial score (nSPS) is 13.2. The van der Waals surface area contributed by atoms with Gasteiger partial charge in [0, 0.05) is 20.6 Å². The van der Waals surface area contributed by atoms with E-state index in [1.807, 2.05) is 0 Å². The van der Waals surface area contributed by atoms with Crippen molar-refractivity contribution in [3.8, 4) is 0 Å². The summed E-state index contributed by atoms with van der Waals surface area (Å²) in [5.74, 6) is 0. The van der Waals surface area contributed by atoms with Crippen LogP contribution < -0.4 is 37.7 Å². The molecule has 0 fully saturated rings. The highest BCUT2D eigenvalue weighted by Gasteiger charge is 2.45. The molecule has 0 atom stereocenters. The number of fused-ring (bicyclic) bond motifs is 4. The summed E-state index contributed by atoms with van der Waals surface area (Å²) in [4.78, 5) is 2.62. The van der Waals surface area contributed by atoms with Crippen LogP contribution in [0.2, 0.25) is 0 Å². The number of aryl methyl sites for hydroxylation is 8. The van der Waals surface area contributed by atoms with Crippen molar-refractivity contribution >= 4 is 85.9 Å². The molecule has 218 valence electrons. The molecule has 2 heterocycles. The van der Waals surface area contributed by atoms with Crippen LogP contribution in [0.1, 0.15) is 58.4 Å². The Morgan fingerprint density at radius 2 is 0.909 bits per heavy atom. The van der Waals surface area contributed by atoms with Crippen LogP contribution in [0.4, 0.5) is 17.1 Å². The zero-order chi connectivity index (χ0) is 31.0. The zero-order valence-electron chi connectivity index (χ0n) is 27.3. The molecule has 0 bridgehead atoms. The molecule has 44 heavy (non-hydrogen) atoms. The fourth-order valence-electron chi connectivity index (χ4n) is 8.48. The van der Waals surface area contributed by atoms with E-state index < -0.39 is 0 Å². The van der Waals surface area contributed by atoms with Gasteiger partial charge in [-0.3, -0.25) is 0 Å². The Morgan fingerprint density at radius 3 is 1.27 bits per heavy atom. The van der Waals surface area contributed by atoms with Gasteiger partial charge in [-0.05, 0) is 122 Å². The first kappa shape index (κ1) is 29.5. The fraction of sp³-hybridized carbons (Fsp3) is 0.250. The molecule has 5 aromatic carbocycles. The van der Waals surface area contributed by atoms with Crippen molar-refractivity contribution in [1.29, 1.82) is 0 Å². The first-order valence-corrected chi connectivity index (χ1v) is 17.2. The molecule has 7 rings (SSSR count). The van der Waals surface area contributed by atoms with E-state index in [9.17, 15) is 0 Å². The minimum atomic E-state index is 0.175. The third kappa shape index (κ3) is 4.50. The van der Waals surface area contributed by atoms with Crippen molar-refractivity contribution in [2.24, 2.45) is 0 Å². The van der Waals surface area contributed by atoms with Crippen LogP contribution in [0.25, 0.3) is 0 Å². The number of rotatable bonds is 4. The predicted molar refractivity (Wildman–Crippen MR) is 203 cm³/mol. The van der Waals surface area contributed by atoms with E-state index in [0.717, 1.165) is 12.8 Å². The number of benzene rings is 5. The number of nitrogens with zero attached hydrogens (tertiary/aromatic N) is 1. The highest BCUT2D eigenvalue weighted by atomic mass is 127. The van der Waals surface area contributed by atoms with Gasteiger partial charge in [0.05, 0.1) is 0 Å². The Bertz CT molecular complexity index is 1810. The molecule has 0 unspecified atom stereocenters. The van der Waals surface area contributed by atoms with Crippen molar-refractivity contribution < 1.29 is 0 Å². The monoisotopic (exact) mass is 683 g/mol. The van der Waals surface area contributed by atoms with Crippen LogP contribution in [-0.4, -0.2) is 13.4 Å². The number of hydrogen-bond donors (Lipinski definition) is 0. The number of halogens is 1. The summed E-state index contributed by atoms with van der Waals surface area (Å²) in [6.07, 6.45) is 2.06. The lowest BCUT2D eigenvalue weighted by Crippen LogP contribution is -2.66. The van der Waals surface area contributed by atoms with Gasteiger partial charge in [-0.1, -0.05) is 119 Å². The molecule has 4 heteroatoms. The third-order valence-corrected chi connectivity index (χ3v) is 10.8. The summed E-state index contributed by atoms with van der Waals surface area (Å²) in [7, 11) is 0. The summed E-state index contributed by atoms with van der Waals surface area (Å²) in [6.45, 7) is 18.6. The minimum absolute atomic E-state index is 0.175. The maximum Gasteiger partial charge on any atom is 0.247 e. The minimum Gasteiger partial charge on any atom is -0.313 e. The van der Waals surface area contributed by atoms with Gasteiger partial charge in [-0.25, -0.2) is 0 Å². The highest BCUT2D eigenvalue weighted by Crippen LogP contribution is 2.39. The van der Waals surface area contributed by atoms with Gasteiger partial charge in [-0.15, -0.1) is 0 Å². The fourth-order valence-corrected chi connectivity index (χ4v) is 9.15. The molecule has 0 saturated carbocycles. The van der Waals surface area contributed by atoms with Gasteiger partial charge >= 0.3 is 0 Å². The van der Waals surface area contributed by atoms with E-state index in [0.29, 0.717) is 0 Å². The lowest BCUT2D eigenvalue weighted by Gasteiger charge is -2.45. The summed E-state index contributed by atoms with van der Waals surface area (Å²) in [5, 5.41) is 0. The molecule has 0 aromatic heterocycles. The number of anilines is 3. The largest absolute Gasteiger partial charge is 0.313 e. The van der Waals surface area contributed by atoms with Crippen molar-refractivity contribution in [2.75, 3.05) is 4.90 Å². The summed E-state index contributed by atoms with van der Waals surface area (Å²) in [6, 6.07) is 29.0. The third-order valence-electron chi connectivity index (χ3n) is 10.1. The van der Waals surface area contributed by atoms with E-state index in [1.165, 1.54) is 97.9 Å². The first-order chi connectivity index (χ1) is 21.1. The van der Waals surface area contributed by atoms with Crippen molar-refractivity contribution in [3.05, 3.63) is 121 Å². The maximum absolute atomic E-state index is 2.62. The molecule has 0 spiro atoms. The molecule has 0 saturated heterocycles. The Hall–Kier alpha value is -3.24. The molecule has 1 nitrogen and oxygen atoms in total. The van der Waals surface area contributed by atoms with E-state index in [4.69, 9.17) is 0 Å². The van der Waals surface area contributed by atoms with Gasteiger partial charge < -0.3 is 4.90 Å². The topological polar surface area (TPSA) is 3.24 Å². The first-order valence-electron chi connectivity index (χ1n) is 16.2. The standard InChI is InChI=1S/C40H40B2IN/c1-9-29-11-13-36-32(19-29)41(38-25(5)15-23(3)16-26(38)6)34-21-31(43)22-35-40(34)44(36)37-14-12-30(10-2)20-33(37)42(35)39-27(7)17-24(4)18-28(39)8/h11-22H,9-10H2,1-8H3. The second-order valence-corrected chi connectivity index (χ2v) is 14.5. The predicted octanol–water partition coefficient (Wildman–Crippen LogP) is 6.40. The van der Waals surface area contributed by atoms with Crippen molar-refractivity contribution in [1.82, 2.24) is 0 Å². The van der Waals surface area contributed by atoms with Crippen molar-refractivity contribution in [3.63, 3.8) is 0 Å². The molecular formula is C40H40B2IN. The smallest absolute Gasteiger partial charge is 0.247 e. The highest BCUT2D eigenvalue weighted by molar-refractivity contribution is 14.1. The van der Waals surface area contributed by atoms with E-state index in [2.05, 4.69) is 156 Å². The summed E-state index contributed by atoms with van der Waals surface area (Å²) in [5.41, 5.74) is 23.6. The molecular weight excluding hydrogens is 643 g/mol. The molecule has 0 radical (unpaired) electrons. The summed E-state index contributed by atoms with van der Waals surface area (Å²) < 4.78 is 1.31. The lowest BCUT2D eigenvalue weighted by atomic mass is 9.29. The molecule has 0 amide bonds. The van der Waals surface area contributed by atoms with E-state index >= 15 is 0 Å². The lowest BCUT2D eigenvalue weighted by molar-refractivity contribution is 1.13. The van der Waals surface area contributed by atoms with Crippen LogP contribution in [-0.2, 0) is 12.8 Å². The van der Waals surface area contributed by atoms with Gasteiger partial charge in [0.1, 0.15) is 0 Å². The van der Waals surface area contributed by atoms with Gasteiger partial charge in [-0.2, -0.15) is 0 Å². The SMILES string of the molecule is CCc1ccc2c(c1)B(c1c(C)cc(C)cc1C)c1cc(I)cc3c1N2c1ccc(CC)cc1B3c1c(C)cc(C)cc1C. The zero-order valence-corrected chi connectivity index (χ0v) is 29.5. The van der Waals surface area contributed by atoms with Crippen LogP contribution in [0.5, 0.6) is 0 Å². The van der Waals surface area contributed by atoms with Crippen LogP contribution in [0.3, 0.4) is 0 Å². The van der Waals surface area contributed by atoms with Crippen LogP contribution in [0.15, 0.2) is 72.8 Å². The molecule has 2 aliphatic rings. The number of hydrogen-bond acceptors (Lipinski definition) is 1. The van der Waals surface area contributed by atoms with Gasteiger partial charge in [0.2, 0.25) is 13.4 Å². The maximum atomic E-state index is 2.62. The average Bonchev–Trinajstić information content (AvgIpc) is 2.97. The summed E-state index contributed by atoms with van der Waals surface area (Å²) >= 11 is 2.58. The molecule has 0 aliphatic carbocycles. The second-order valence-electron chi connectivity index (χ2n) is 13.3. The van der Waals surface area contributed by atoms with E-state index in [1.54, 1.807) is 0 Å². The molecule has 0 N–H and O–H groups in total. The molecule has 2 aliphatic heterocycles. The van der Waals surface area contributed by atoms with E-state index in [-0.39, 0.29) is 13.4 Å². The van der Waals surface area contributed by atoms with Crippen molar-refractivity contribution in [2.45, 2.75) is 68.2 Å². The quantitative estimate of drug-likeness (QED) is 0.154. The Morgan fingerprint density at radius 1 is 0.523 bits per heavy atom. The van der Waals surface area contributed by atoms with Gasteiger partial charge in [0.15, 0.2) is 0 Å². The second kappa shape index (κ2) is 11.0. The Kier molecular flexibility index (Phi) is 7.35. The van der Waals surface area contributed by atoms with Gasteiger partial charge in [0.25, 0.3) is 0 Å². The Balaban J connectivity index is 1.64. The average molecular weight is 683 g/mol. The Labute approximate surface area is 278 Å². The van der Waals surface area contributed by atoms with Crippen LogP contribution in [0, 0.1) is 45.1 Å². The van der Waals surface area contributed by atoms with Crippen LogP contribution >= 0.6 is 22.6 Å². The molecule has 5 aromatic rings.